The molecule has 1 atom stereocenters. The Morgan fingerprint density at radius 1 is 1.23 bits per heavy atom. The van der Waals surface area contributed by atoms with Crippen LogP contribution in [0.5, 0.6) is 5.75 Å². The van der Waals surface area contributed by atoms with E-state index in [0.717, 1.165) is 22.2 Å². The molecule has 2 heterocycles. The van der Waals surface area contributed by atoms with Crippen LogP contribution in [0.15, 0.2) is 51.6 Å². The molecule has 0 saturated heterocycles. The highest BCUT2D eigenvalue weighted by Crippen LogP contribution is 2.45. The zero-order valence-electron chi connectivity index (χ0n) is 18.8. The van der Waals surface area contributed by atoms with Crippen LogP contribution in [0.3, 0.4) is 0 Å². The van der Waals surface area contributed by atoms with E-state index in [1.54, 1.807) is 7.11 Å². The molecule has 1 unspecified atom stereocenters. The molecule has 2 aliphatic rings. The van der Waals surface area contributed by atoms with Crippen molar-refractivity contribution in [2.45, 2.75) is 52.7 Å². The van der Waals surface area contributed by atoms with Crippen LogP contribution in [0.4, 0.5) is 0 Å². The Morgan fingerprint density at radius 3 is 2.48 bits per heavy atom. The number of nitrogens with zero attached hydrogens (tertiary/aromatic N) is 2. The van der Waals surface area contributed by atoms with Crippen LogP contribution in [-0.4, -0.2) is 41.2 Å². The number of nitrogens with one attached hydrogen (secondary N) is 1. The van der Waals surface area contributed by atoms with Gasteiger partial charge in [0.1, 0.15) is 11.4 Å². The second-order valence-electron chi connectivity index (χ2n) is 8.30. The normalized spacial score (nSPS) is 18.3. The first-order chi connectivity index (χ1) is 14.6. The standard InChI is InChI=1S/C23H29N3O4S/c1-7-24-18(27)12-16-13-31-22-25-14(2)19(21(28)30-23(3,4)5)20(26(16)22)15-8-10-17(29-6)11-9-15/h8-11,13,20H,7,12H2,1-6H3,(H,24,27). The third-order valence-electron chi connectivity index (χ3n) is 4.77. The van der Waals surface area contributed by atoms with E-state index in [9.17, 15) is 9.59 Å². The van der Waals surface area contributed by atoms with Crippen molar-refractivity contribution >= 4 is 28.8 Å². The molecule has 0 saturated carbocycles. The number of amides is 1. The van der Waals surface area contributed by atoms with E-state index in [4.69, 9.17) is 9.47 Å². The van der Waals surface area contributed by atoms with Gasteiger partial charge in [-0.05, 0) is 57.7 Å². The maximum Gasteiger partial charge on any atom is 0.338 e. The lowest BCUT2D eigenvalue weighted by atomic mass is 9.93. The number of hydrogen-bond acceptors (Lipinski definition) is 7. The first-order valence-electron chi connectivity index (χ1n) is 10.2. The van der Waals surface area contributed by atoms with Crippen molar-refractivity contribution in [1.29, 1.82) is 0 Å². The number of rotatable bonds is 6. The van der Waals surface area contributed by atoms with Crippen molar-refractivity contribution in [2.75, 3.05) is 13.7 Å². The van der Waals surface area contributed by atoms with Crippen LogP contribution in [0.2, 0.25) is 0 Å². The summed E-state index contributed by atoms with van der Waals surface area (Å²) < 4.78 is 11.0. The first kappa shape index (κ1) is 22.9. The van der Waals surface area contributed by atoms with Crippen LogP contribution in [0.1, 0.15) is 52.6 Å². The molecule has 1 amide bonds. The SMILES string of the molecule is CCNC(=O)CC1=CSC2=NC(C)=C(C(=O)OC(C)(C)C)C(c3ccc(OC)cc3)N12. The summed E-state index contributed by atoms with van der Waals surface area (Å²) in [5.74, 6) is 0.235. The van der Waals surface area contributed by atoms with Gasteiger partial charge in [0.2, 0.25) is 5.91 Å². The number of ether oxygens (including phenoxy) is 2. The van der Waals surface area contributed by atoms with Crippen molar-refractivity contribution in [3.8, 4) is 5.75 Å². The number of allylic oxidation sites excluding steroid dienone is 1. The predicted molar refractivity (Wildman–Crippen MR) is 123 cm³/mol. The summed E-state index contributed by atoms with van der Waals surface area (Å²) in [6, 6.07) is 7.12. The van der Waals surface area contributed by atoms with Gasteiger partial charge in [-0.15, -0.1) is 0 Å². The fourth-order valence-corrected chi connectivity index (χ4v) is 4.45. The highest BCUT2D eigenvalue weighted by molar-refractivity contribution is 8.16. The van der Waals surface area contributed by atoms with Gasteiger partial charge in [-0.2, -0.15) is 0 Å². The molecule has 0 aliphatic carbocycles. The fraction of sp³-hybridized carbons (Fsp3) is 0.435. The monoisotopic (exact) mass is 443 g/mol. The molecule has 7 nitrogen and oxygen atoms in total. The Morgan fingerprint density at radius 2 is 1.90 bits per heavy atom. The van der Waals surface area contributed by atoms with Crippen molar-refractivity contribution < 1.29 is 19.1 Å². The molecule has 0 bridgehead atoms. The second-order valence-corrected chi connectivity index (χ2v) is 9.13. The van der Waals surface area contributed by atoms with Crippen molar-refractivity contribution in [3.63, 3.8) is 0 Å². The lowest BCUT2D eigenvalue weighted by Crippen LogP contribution is -2.39. The van der Waals surface area contributed by atoms with Crippen LogP contribution >= 0.6 is 11.8 Å². The van der Waals surface area contributed by atoms with E-state index in [0.29, 0.717) is 17.8 Å². The molecule has 3 rings (SSSR count). The van der Waals surface area contributed by atoms with Gasteiger partial charge in [-0.25, -0.2) is 9.79 Å². The number of thioether (sulfide) groups is 1. The molecule has 0 fully saturated rings. The van der Waals surface area contributed by atoms with Crippen LogP contribution in [0, 0.1) is 0 Å². The summed E-state index contributed by atoms with van der Waals surface area (Å²) in [5.41, 5.74) is 2.12. The third-order valence-corrected chi connectivity index (χ3v) is 5.66. The molecule has 8 heteroatoms. The molecule has 2 aliphatic heterocycles. The van der Waals surface area contributed by atoms with Gasteiger partial charge in [-0.1, -0.05) is 23.9 Å². The minimum Gasteiger partial charge on any atom is -0.497 e. The van der Waals surface area contributed by atoms with Crippen LogP contribution in [0.25, 0.3) is 0 Å². The van der Waals surface area contributed by atoms with Crippen molar-refractivity contribution in [1.82, 2.24) is 10.2 Å². The van der Waals surface area contributed by atoms with E-state index in [2.05, 4.69) is 10.3 Å². The second kappa shape index (κ2) is 9.18. The topological polar surface area (TPSA) is 80.2 Å². The predicted octanol–water partition coefficient (Wildman–Crippen LogP) is 4.14. The molecule has 1 N–H and O–H groups in total. The minimum absolute atomic E-state index is 0.0748. The number of fused-ring (bicyclic) bond motifs is 1. The number of hydrogen-bond donors (Lipinski definition) is 1. The smallest absolute Gasteiger partial charge is 0.338 e. The van der Waals surface area contributed by atoms with E-state index in [1.807, 2.05) is 69.2 Å². The lowest BCUT2D eigenvalue weighted by Gasteiger charge is -2.37. The third kappa shape index (κ3) is 5.12. The van der Waals surface area contributed by atoms with Crippen LogP contribution < -0.4 is 10.1 Å². The number of amidine groups is 1. The van der Waals surface area contributed by atoms with E-state index in [1.165, 1.54) is 11.8 Å². The zero-order chi connectivity index (χ0) is 22.8. The fourth-order valence-electron chi connectivity index (χ4n) is 3.49. The molecule has 31 heavy (non-hydrogen) atoms. The van der Waals surface area contributed by atoms with Gasteiger partial charge in [0.15, 0.2) is 5.17 Å². The summed E-state index contributed by atoms with van der Waals surface area (Å²) in [7, 11) is 1.61. The van der Waals surface area contributed by atoms with E-state index in [-0.39, 0.29) is 12.3 Å². The Kier molecular flexibility index (Phi) is 6.79. The number of methoxy groups -OCH3 is 1. The van der Waals surface area contributed by atoms with Gasteiger partial charge >= 0.3 is 5.97 Å². The molecular weight excluding hydrogens is 414 g/mol. The molecule has 166 valence electrons. The van der Waals surface area contributed by atoms with Gasteiger partial charge in [0.25, 0.3) is 0 Å². The maximum atomic E-state index is 13.2. The zero-order valence-corrected chi connectivity index (χ0v) is 19.6. The number of carbonyl (C=O) groups is 2. The van der Waals surface area contributed by atoms with Gasteiger partial charge in [0.05, 0.1) is 30.8 Å². The quantitative estimate of drug-likeness (QED) is 0.666. The number of benzene rings is 1. The Bertz CT molecular complexity index is 958. The number of esters is 1. The summed E-state index contributed by atoms with van der Waals surface area (Å²) >= 11 is 1.45. The molecule has 0 radical (unpaired) electrons. The highest BCUT2D eigenvalue weighted by atomic mass is 32.2. The van der Waals surface area contributed by atoms with E-state index >= 15 is 0 Å². The molecular formula is C23H29N3O4S. The Labute approximate surface area is 187 Å². The Balaban J connectivity index is 2.06. The summed E-state index contributed by atoms with van der Waals surface area (Å²) in [6.07, 6.45) is 0.202. The highest BCUT2D eigenvalue weighted by Gasteiger charge is 2.41. The average Bonchev–Trinajstić information content (AvgIpc) is 3.07. The number of carbonyl (C=O) groups excluding carboxylic acids is 2. The maximum absolute atomic E-state index is 13.2. The Hall–Kier alpha value is -2.74. The average molecular weight is 444 g/mol. The van der Waals surface area contributed by atoms with Gasteiger partial charge in [-0.3, -0.25) is 4.79 Å². The minimum atomic E-state index is -0.641. The molecule has 0 spiro atoms. The van der Waals surface area contributed by atoms with Gasteiger partial charge in [0, 0.05) is 12.2 Å². The first-order valence-corrected chi connectivity index (χ1v) is 11.1. The van der Waals surface area contributed by atoms with Gasteiger partial charge < -0.3 is 19.7 Å². The lowest BCUT2D eigenvalue weighted by molar-refractivity contribution is -0.150. The summed E-state index contributed by atoms with van der Waals surface area (Å²) in [5, 5.41) is 5.50. The molecule has 0 aromatic heterocycles. The molecule has 1 aromatic carbocycles. The summed E-state index contributed by atoms with van der Waals surface area (Å²) in [4.78, 5) is 32.2. The van der Waals surface area contributed by atoms with E-state index < -0.39 is 17.6 Å². The van der Waals surface area contributed by atoms with Crippen molar-refractivity contribution in [3.05, 3.63) is 52.2 Å². The molecule has 1 aromatic rings. The number of aliphatic imine (C=N–C) groups is 1. The van der Waals surface area contributed by atoms with Crippen LogP contribution in [-0.2, 0) is 14.3 Å². The van der Waals surface area contributed by atoms with Crippen molar-refractivity contribution in [2.24, 2.45) is 4.99 Å². The summed E-state index contributed by atoms with van der Waals surface area (Å²) in [6.45, 7) is 9.79. The largest absolute Gasteiger partial charge is 0.497 e.